The molecule has 8 heteroatoms. The maximum absolute atomic E-state index is 12.4. The number of carboxylic acids is 1. The van der Waals surface area contributed by atoms with Crippen molar-refractivity contribution in [3.05, 3.63) is 16.3 Å². The largest absolute Gasteiger partial charge is 0.477 e. The van der Waals surface area contributed by atoms with Gasteiger partial charge in [0.1, 0.15) is 9.77 Å². The number of likely N-dealkylation sites (N-methyl/N-ethyl adjacent to an activating group) is 1. The molecule has 0 amide bonds. The molecule has 0 unspecified atom stereocenters. The topological polar surface area (TPSA) is 86.7 Å². The molecule has 0 aromatic carbocycles. The highest BCUT2D eigenvalue weighted by Gasteiger charge is 2.37. The second-order valence-corrected chi connectivity index (χ2v) is 8.22. The van der Waals surface area contributed by atoms with E-state index in [1.165, 1.54) is 11.4 Å². The molecule has 0 atom stereocenters. The Bertz CT molecular complexity index is 616. The van der Waals surface area contributed by atoms with E-state index in [0.717, 1.165) is 37.0 Å². The van der Waals surface area contributed by atoms with Crippen LogP contribution in [-0.4, -0.2) is 50.6 Å². The molecule has 21 heavy (non-hydrogen) atoms. The maximum Gasteiger partial charge on any atom is 0.347 e. The zero-order valence-corrected chi connectivity index (χ0v) is 13.8. The lowest BCUT2D eigenvalue weighted by atomic mass is 9.97. The second-order valence-electron chi connectivity index (χ2n) is 5.57. The summed E-state index contributed by atoms with van der Waals surface area (Å²) in [6, 6.07) is 1.34. The number of rotatable bonds is 6. The van der Waals surface area contributed by atoms with E-state index in [1.54, 1.807) is 0 Å². The van der Waals surface area contributed by atoms with E-state index in [2.05, 4.69) is 9.62 Å². The third kappa shape index (κ3) is 3.28. The first-order valence-corrected chi connectivity index (χ1v) is 9.13. The van der Waals surface area contributed by atoms with Gasteiger partial charge in [0.25, 0.3) is 0 Å². The van der Waals surface area contributed by atoms with Crippen LogP contribution in [0.4, 0.5) is 0 Å². The monoisotopic (exact) mass is 332 g/mol. The van der Waals surface area contributed by atoms with E-state index < -0.39 is 16.0 Å². The molecule has 0 saturated heterocycles. The van der Waals surface area contributed by atoms with Gasteiger partial charge in [-0.05, 0) is 38.4 Å². The molecule has 1 aromatic rings. The molecule has 1 aromatic heterocycles. The summed E-state index contributed by atoms with van der Waals surface area (Å²) in [6.07, 6.45) is 4.05. The van der Waals surface area contributed by atoms with Crippen molar-refractivity contribution in [2.45, 2.75) is 36.1 Å². The van der Waals surface area contributed by atoms with Crippen molar-refractivity contribution >= 4 is 27.3 Å². The van der Waals surface area contributed by atoms with Gasteiger partial charge in [0.2, 0.25) is 10.0 Å². The zero-order valence-electron chi connectivity index (χ0n) is 12.1. The highest BCUT2D eigenvalue weighted by Crippen LogP contribution is 2.33. The molecule has 2 N–H and O–H groups in total. The van der Waals surface area contributed by atoms with Crippen molar-refractivity contribution in [3.8, 4) is 0 Å². The van der Waals surface area contributed by atoms with Crippen LogP contribution < -0.4 is 4.72 Å². The number of nitrogens with one attached hydrogen (secondary N) is 1. The molecule has 2 rings (SSSR count). The second kappa shape index (κ2) is 6.04. The number of hydrogen-bond acceptors (Lipinski definition) is 5. The Morgan fingerprint density at radius 3 is 2.57 bits per heavy atom. The molecule has 6 nitrogen and oxygen atoms in total. The van der Waals surface area contributed by atoms with Gasteiger partial charge in [0, 0.05) is 12.1 Å². The van der Waals surface area contributed by atoms with Gasteiger partial charge in [-0.25, -0.2) is 17.9 Å². The average Bonchev–Trinajstić information content (AvgIpc) is 3.06. The summed E-state index contributed by atoms with van der Waals surface area (Å²) in [5, 5.41) is 10.5. The Morgan fingerprint density at radius 2 is 2.05 bits per heavy atom. The predicted molar refractivity (Wildman–Crippen MR) is 81.4 cm³/mol. The van der Waals surface area contributed by atoms with Crippen LogP contribution in [0.25, 0.3) is 0 Å². The molecule has 0 spiro atoms. The van der Waals surface area contributed by atoms with E-state index in [0.29, 0.717) is 6.54 Å². The van der Waals surface area contributed by atoms with Crippen molar-refractivity contribution in [1.29, 1.82) is 0 Å². The number of carbonyl (C=O) groups is 1. The number of sulfonamides is 1. The first-order chi connectivity index (χ1) is 9.78. The lowest BCUT2D eigenvalue weighted by Crippen LogP contribution is -2.50. The molecule has 1 fully saturated rings. The SMILES string of the molecule is CN(C)C1(CNS(=O)(=O)c2ccsc2C(=O)O)CCCC1. The van der Waals surface area contributed by atoms with E-state index in [-0.39, 0.29) is 15.3 Å². The van der Waals surface area contributed by atoms with Gasteiger partial charge in [-0.1, -0.05) is 12.8 Å². The number of thiophene rings is 1. The predicted octanol–water partition coefficient (Wildman–Crippen LogP) is 1.60. The summed E-state index contributed by atoms with van der Waals surface area (Å²) < 4.78 is 27.3. The van der Waals surface area contributed by atoms with Crippen LogP contribution in [0.5, 0.6) is 0 Å². The van der Waals surface area contributed by atoms with Crippen LogP contribution in [0.3, 0.4) is 0 Å². The molecule has 1 saturated carbocycles. The molecule has 0 bridgehead atoms. The average molecular weight is 332 g/mol. The minimum atomic E-state index is -3.80. The van der Waals surface area contributed by atoms with Crippen LogP contribution in [-0.2, 0) is 10.0 Å². The molecule has 1 aliphatic rings. The van der Waals surface area contributed by atoms with E-state index >= 15 is 0 Å². The molecule has 0 radical (unpaired) electrons. The van der Waals surface area contributed by atoms with Crippen LogP contribution in [0.1, 0.15) is 35.4 Å². The van der Waals surface area contributed by atoms with Gasteiger partial charge >= 0.3 is 5.97 Å². The fourth-order valence-electron chi connectivity index (χ4n) is 2.79. The van der Waals surface area contributed by atoms with Crippen molar-refractivity contribution in [2.24, 2.45) is 0 Å². The number of aromatic carboxylic acids is 1. The summed E-state index contributed by atoms with van der Waals surface area (Å²) in [4.78, 5) is 12.8. The zero-order chi connectivity index (χ0) is 15.7. The molecular formula is C13H20N2O4S2. The van der Waals surface area contributed by atoms with Crippen LogP contribution in [0, 0.1) is 0 Å². The Labute approximate surface area is 128 Å². The minimum Gasteiger partial charge on any atom is -0.477 e. The summed E-state index contributed by atoms with van der Waals surface area (Å²) in [5.41, 5.74) is -0.174. The summed E-state index contributed by atoms with van der Waals surface area (Å²) in [6.45, 7) is 0.303. The van der Waals surface area contributed by atoms with Crippen molar-refractivity contribution in [2.75, 3.05) is 20.6 Å². The normalized spacial score (nSPS) is 18.2. The van der Waals surface area contributed by atoms with Crippen molar-refractivity contribution in [3.63, 3.8) is 0 Å². The fourth-order valence-corrected chi connectivity index (χ4v) is 5.16. The third-order valence-corrected chi connectivity index (χ3v) is 6.66. The van der Waals surface area contributed by atoms with Crippen molar-refractivity contribution < 1.29 is 18.3 Å². The number of nitrogens with zero attached hydrogens (tertiary/aromatic N) is 1. The van der Waals surface area contributed by atoms with Gasteiger partial charge in [0.15, 0.2) is 0 Å². The summed E-state index contributed by atoms with van der Waals surface area (Å²) in [5.74, 6) is -1.21. The number of carboxylic acid groups (broad SMARTS) is 1. The summed E-state index contributed by atoms with van der Waals surface area (Å²) >= 11 is 0.919. The molecule has 118 valence electrons. The van der Waals surface area contributed by atoms with Crippen molar-refractivity contribution in [1.82, 2.24) is 9.62 Å². The molecule has 0 aliphatic heterocycles. The van der Waals surface area contributed by atoms with Crippen LogP contribution in [0.2, 0.25) is 0 Å². The summed E-state index contributed by atoms with van der Waals surface area (Å²) in [7, 11) is 0.104. The lowest BCUT2D eigenvalue weighted by molar-refractivity contribution is 0.0698. The Kier molecular flexibility index (Phi) is 4.72. The van der Waals surface area contributed by atoms with Gasteiger partial charge in [-0.3, -0.25) is 0 Å². The minimum absolute atomic E-state index is 0.146. The van der Waals surface area contributed by atoms with Gasteiger partial charge < -0.3 is 10.0 Å². The smallest absolute Gasteiger partial charge is 0.347 e. The van der Waals surface area contributed by atoms with Crippen LogP contribution in [0.15, 0.2) is 16.3 Å². The Morgan fingerprint density at radius 1 is 1.43 bits per heavy atom. The van der Waals surface area contributed by atoms with E-state index in [9.17, 15) is 13.2 Å². The molecule has 1 aliphatic carbocycles. The fraction of sp³-hybridized carbons (Fsp3) is 0.615. The van der Waals surface area contributed by atoms with E-state index in [1.807, 2.05) is 14.1 Å². The Balaban J connectivity index is 2.18. The lowest BCUT2D eigenvalue weighted by Gasteiger charge is -2.36. The Hall–Kier alpha value is -0.960. The van der Waals surface area contributed by atoms with Gasteiger partial charge in [-0.15, -0.1) is 11.3 Å². The molecular weight excluding hydrogens is 312 g/mol. The number of hydrogen-bond donors (Lipinski definition) is 2. The highest BCUT2D eigenvalue weighted by atomic mass is 32.2. The van der Waals surface area contributed by atoms with Gasteiger partial charge in [0.05, 0.1) is 0 Å². The quantitative estimate of drug-likeness (QED) is 0.826. The van der Waals surface area contributed by atoms with E-state index in [4.69, 9.17) is 5.11 Å². The van der Waals surface area contributed by atoms with Gasteiger partial charge in [-0.2, -0.15) is 0 Å². The molecule has 1 heterocycles. The first-order valence-electron chi connectivity index (χ1n) is 6.76. The maximum atomic E-state index is 12.4. The third-order valence-electron chi connectivity index (χ3n) is 4.19. The van der Waals surface area contributed by atoms with Crippen LogP contribution >= 0.6 is 11.3 Å². The standard InChI is InChI=1S/C13H20N2O4S2/c1-15(2)13(6-3-4-7-13)9-14-21(18,19)10-5-8-20-11(10)12(16)17/h5,8,14H,3-4,6-7,9H2,1-2H3,(H,16,17). The highest BCUT2D eigenvalue weighted by molar-refractivity contribution is 7.89. The first kappa shape index (κ1) is 16.4.